The number of hydrogen-bond donors (Lipinski definition) is 2. The molecule has 2 aliphatic heterocycles. The number of rotatable bonds is 3. The fourth-order valence-electron chi connectivity index (χ4n) is 3.86. The number of likely N-dealkylation sites (tertiary alicyclic amines) is 1. The molecule has 134 valence electrons. The molecule has 25 heavy (non-hydrogen) atoms. The van der Waals surface area contributed by atoms with E-state index in [2.05, 4.69) is 5.32 Å². The average molecular weight is 348 g/mol. The summed E-state index contributed by atoms with van der Waals surface area (Å²) in [4.78, 5) is 38.6. The lowest BCUT2D eigenvalue weighted by atomic mass is 9.80. The summed E-state index contributed by atoms with van der Waals surface area (Å²) in [5, 5.41) is 12.9. The van der Waals surface area contributed by atoms with E-state index in [0.717, 1.165) is 4.90 Å². The zero-order valence-electron chi connectivity index (χ0n) is 14.4. The third-order valence-electron chi connectivity index (χ3n) is 5.18. The molecule has 1 aromatic carbocycles. The van der Waals surface area contributed by atoms with Gasteiger partial charge in [0, 0.05) is 13.1 Å². The molecule has 3 rings (SSSR count). The summed E-state index contributed by atoms with van der Waals surface area (Å²) in [6.45, 7) is 1.57. The summed E-state index contributed by atoms with van der Waals surface area (Å²) < 4.78 is 9.98. The Bertz CT molecular complexity index is 764. The number of phenols is 1. The van der Waals surface area contributed by atoms with E-state index in [-0.39, 0.29) is 17.4 Å². The Balaban J connectivity index is 2.11. The van der Waals surface area contributed by atoms with Crippen LogP contribution in [0.1, 0.15) is 18.5 Å². The normalized spacial score (nSPS) is 31.2. The Morgan fingerprint density at radius 3 is 2.56 bits per heavy atom. The Morgan fingerprint density at radius 1 is 1.28 bits per heavy atom. The standard InChI is InChI=1S/C17H20N2O6/c1-17(16(23)25-4)12-11(14(21)19(2)15(12)22)13(18-17)8-5-6-9(20)10(7-8)24-3/h5-7,11-13,18,20H,1-4H3/t11-,12-,13-,17-/m0/s1. The molecular weight excluding hydrogens is 328 g/mol. The van der Waals surface area contributed by atoms with Gasteiger partial charge >= 0.3 is 5.97 Å². The number of esters is 1. The molecular formula is C17H20N2O6. The second-order valence-electron chi connectivity index (χ2n) is 6.49. The van der Waals surface area contributed by atoms with Crippen molar-refractivity contribution in [3.8, 4) is 11.5 Å². The lowest BCUT2D eigenvalue weighted by molar-refractivity contribution is -0.152. The zero-order chi connectivity index (χ0) is 18.5. The third kappa shape index (κ3) is 2.28. The minimum absolute atomic E-state index is 0.0394. The summed E-state index contributed by atoms with van der Waals surface area (Å²) in [7, 11) is 4.07. The molecule has 2 N–H and O–H groups in total. The molecule has 0 bridgehead atoms. The van der Waals surface area contributed by atoms with Crippen molar-refractivity contribution in [1.29, 1.82) is 0 Å². The molecule has 0 unspecified atom stereocenters. The molecule has 0 spiro atoms. The van der Waals surface area contributed by atoms with Gasteiger partial charge in [0.15, 0.2) is 11.5 Å². The van der Waals surface area contributed by atoms with Crippen LogP contribution in [0.25, 0.3) is 0 Å². The number of benzene rings is 1. The molecule has 8 nitrogen and oxygen atoms in total. The number of nitrogens with one attached hydrogen (secondary N) is 1. The van der Waals surface area contributed by atoms with Crippen LogP contribution in [0.2, 0.25) is 0 Å². The number of carbonyl (C=O) groups excluding carboxylic acids is 3. The highest BCUT2D eigenvalue weighted by Gasteiger charge is 2.66. The fraction of sp³-hybridized carbons (Fsp3) is 0.471. The van der Waals surface area contributed by atoms with E-state index >= 15 is 0 Å². The van der Waals surface area contributed by atoms with Gasteiger partial charge < -0.3 is 14.6 Å². The number of aromatic hydroxyl groups is 1. The van der Waals surface area contributed by atoms with Gasteiger partial charge in [-0.2, -0.15) is 0 Å². The Kier molecular flexibility index (Phi) is 3.95. The maximum Gasteiger partial charge on any atom is 0.326 e. The zero-order valence-corrected chi connectivity index (χ0v) is 14.4. The van der Waals surface area contributed by atoms with Crippen molar-refractivity contribution < 1.29 is 29.0 Å². The van der Waals surface area contributed by atoms with Gasteiger partial charge in [0.05, 0.1) is 26.1 Å². The highest BCUT2D eigenvalue weighted by atomic mass is 16.5. The van der Waals surface area contributed by atoms with Crippen molar-refractivity contribution in [3.05, 3.63) is 23.8 Å². The van der Waals surface area contributed by atoms with Gasteiger partial charge in [-0.15, -0.1) is 0 Å². The molecule has 2 heterocycles. The van der Waals surface area contributed by atoms with Crippen LogP contribution in [0.3, 0.4) is 0 Å². The molecule has 8 heteroatoms. The van der Waals surface area contributed by atoms with Crippen LogP contribution < -0.4 is 10.1 Å². The summed E-state index contributed by atoms with van der Waals surface area (Å²) in [6, 6.07) is 4.07. The summed E-state index contributed by atoms with van der Waals surface area (Å²) in [6.07, 6.45) is 0. The van der Waals surface area contributed by atoms with Gasteiger partial charge in [0.2, 0.25) is 11.8 Å². The molecule has 2 saturated heterocycles. The van der Waals surface area contributed by atoms with Crippen LogP contribution in [-0.2, 0) is 19.1 Å². The first kappa shape index (κ1) is 17.2. The number of imide groups is 1. The van der Waals surface area contributed by atoms with E-state index < -0.39 is 35.3 Å². The second-order valence-corrected chi connectivity index (χ2v) is 6.49. The van der Waals surface area contributed by atoms with Crippen molar-refractivity contribution in [1.82, 2.24) is 10.2 Å². The van der Waals surface area contributed by atoms with Crippen LogP contribution in [0.4, 0.5) is 0 Å². The van der Waals surface area contributed by atoms with Gasteiger partial charge in [0.25, 0.3) is 0 Å². The van der Waals surface area contributed by atoms with Crippen LogP contribution in [0.5, 0.6) is 11.5 Å². The van der Waals surface area contributed by atoms with Crippen LogP contribution in [-0.4, -0.2) is 54.6 Å². The maximum atomic E-state index is 12.6. The first-order valence-electron chi connectivity index (χ1n) is 7.80. The Labute approximate surface area is 144 Å². The van der Waals surface area contributed by atoms with Crippen LogP contribution in [0.15, 0.2) is 18.2 Å². The molecule has 2 amide bonds. The SMILES string of the molecule is COC(=O)[C@@]1(C)N[C@@H](c2ccc(O)c(OC)c2)[C@H]2C(=O)N(C)C(=O)[C@H]21. The van der Waals surface area contributed by atoms with E-state index in [4.69, 9.17) is 9.47 Å². The van der Waals surface area contributed by atoms with Crippen molar-refractivity contribution in [2.45, 2.75) is 18.5 Å². The first-order valence-corrected chi connectivity index (χ1v) is 7.80. The Morgan fingerprint density at radius 2 is 1.96 bits per heavy atom. The highest BCUT2D eigenvalue weighted by Crippen LogP contribution is 2.49. The quantitative estimate of drug-likeness (QED) is 0.594. The number of phenolic OH excluding ortho intramolecular Hbond substituents is 1. The van der Waals surface area contributed by atoms with Crippen molar-refractivity contribution in [2.75, 3.05) is 21.3 Å². The van der Waals surface area contributed by atoms with Gasteiger partial charge in [-0.05, 0) is 24.6 Å². The fourth-order valence-corrected chi connectivity index (χ4v) is 3.86. The van der Waals surface area contributed by atoms with Gasteiger partial charge in [0.1, 0.15) is 5.54 Å². The van der Waals surface area contributed by atoms with Gasteiger partial charge in [-0.1, -0.05) is 6.07 Å². The minimum Gasteiger partial charge on any atom is -0.504 e. The lowest BCUT2D eigenvalue weighted by Gasteiger charge is -2.27. The summed E-state index contributed by atoms with van der Waals surface area (Å²) in [5.74, 6) is -2.77. The largest absolute Gasteiger partial charge is 0.504 e. The number of carbonyl (C=O) groups is 3. The predicted octanol–water partition coefficient (Wildman–Crippen LogP) is 0.208. The van der Waals surface area contributed by atoms with E-state index in [1.54, 1.807) is 19.1 Å². The number of ether oxygens (including phenoxy) is 2. The second kappa shape index (κ2) is 5.73. The maximum absolute atomic E-state index is 12.6. The first-order chi connectivity index (χ1) is 11.8. The molecule has 0 aromatic heterocycles. The van der Waals surface area contributed by atoms with Crippen LogP contribution in [0, 0.1) is 11.8 Å². The van der Waals surface area contributed by atoms with Crippen LogP contribution >= 0.6 is 0 Å². The molecule has 4 atom stereocenters. The van der Waals surface area contributed by atoms with Crippen molar-refractivity contribution >= 4 is 17.8 Å². The van der Waals surface area contributed by atoms with Gasteiger partial charge in [-0.3, -0.25) is 24.6 Å². The van der Waals surface area contributed by atoms with Crippen molar-refractivity contribution in [2.24, 2.45) is 11.8 Å². The average Bonchev–Trinajstić information content (AvgIpc) is 3.04. The minimum atomic E-state index is -1.33. The molecule has 0 aliphatic carbocycles. The Hall–Kier alpha value is -2.61. The van der Waals surface area contributed by atoms with E-state index in [1.807, 2.05) is 0 Å². The number of fused-ring (bicyclic) bond motifs is 1. The monoisotopic (exact) mass is 348 g/mol. The summed E-state index contributed by atoms with van der Waals surface area (Å²) in [5.41, 5.74) is -0.694. The van der Waals surface area contributed by atoms with Gasteiger partial charge in [-0.25, -0.2) is 0 Å². The molecule has 0 radical (unpaired) electrons. The third-order valence-corrected chi connectivity index (χ3v) is 5.18. The lowest BCUT2D eigenvalue weighted by Crippen LogP contribution is -2.53. The number of hydrogen-bond acceptors (Lipinski definition) is 7. The number of amides is 2. The molecule has 0 saturated carbocycles. The molecule has 1 aromatic rings. The smallest absolute Gasteiger partial charge is 0.326 e. The predicted molar refractivity (Wildman–Crippen MR) is 85.7 cm³/mol. The molecule has 2 fully saturated rings. The van der Waals surface area contributed by atoms with E-state index in [1.165, 1.54) is 27.3 Å². The van der Waals surface area contributed by atoms with E-state index in [0.29, 0.717) is 5.56 Å². The van der Waals surface area contributed by atoms with E-state index in [9.17, 15) is 19.5 Å². The highest BCUT2D eigenvalue weighted by molar-refractivity contribution is 6.09. The topological polar surface area (TPSA) is 105 Å². The number of methoxy groups -OCH3 is 2. The summed E-state index contributed by atoms with van der Waals surface area (Å²) >= 11 is 0. The number of nitrogens with zero attached hydrogens (tertiary/aromatic N) is 1. The molecule has 2 aliphatic rings. The van der Waals surface area contributed by atoms with Crippen molar-refractivity contribution in [3.63, 3.8) is 0 Å².